The third-order valence-corrected chi connectivity index (χ3v) is 4.67. The number of carbonyl (C=O) groups is 2. The van der Waals surface area contributed by atoms with Gasteiger partial charge in [-0.2, -0.15) is 0 Å². The minimum atomic E-state index is -0.173. The number of hydroxylamine groups is 1. The Morgan fingerprint density at radius 1 is 0.560 bits per heavy atom. The molecule has 0 spiro atoms. The predicted molar refractivity (Wildman–Crippen MR) is 98.9 cm³/mol. The number of hydrogen-bond donors (Lipinski definition) is 1. The highest BCUT2D eigenvalue weighted by molar-refractivity contribution is 5.74. The zero-order chi connectivity index (χ0) is 18.0. The number of ether oxygens (including phenoxy) is 1. The minimum absolute atomic E-state index is 0.0929. The second-order valence-electron chi connectivity index (χ2n) is 7.04. The van der Waals surface area contributed by atoms with Gasteiger partial charge in [0.15, 0.2) is 0 Å². The van der Waals surface area contributed by atoms with Crippen LogP contribution < -0.4 is 5.48 Å². The Kier molecular flexibility index (Phi) is 14.4. The summed E-state index contributed by atoms with van der Waals surface area (Å²) in [5.74, 6) is -0.266. The van der Waals surface area contributed by atoms with Gasteiger partial charge in [0.1, 0.15) is 13.2 Å². The van der Waals surface area contributed by atoms with E-state index in [0.29, 0.717) is 12.8 Å². The molecule has 5 nitrogen and oxygen atoms in total. The van der Waals surface area contributed by atoms with Gasteiger partial charge in [-0.15, -0.1) is 0 Å². The van der Waals surface area contributed by atoms with Crippen molar-refractivity contribution in [3.05, 3.63) is 0 Å². The lowest BCUT2D eigenvalue weighted by Gasteiger charge is -2.07. The Morgan fingerprint density at radius 2 is 1.00 bits per heavy atom. The highest BCUT2D eigenvalue weighted by Crippen LogP contribution is 2.14. The van der Waals surface area contributed by atoms with E-state index in [0.717, 1.165) is 25.7 Å². The molecule has 1 aliphatic heterocycles. The van der Waals surface area contributed by atoms with Gasteiger partial charge in [0, 0.05) is 12.8 Å². The van der Waals surface area contributed by atoms with E-state index in [2.05, 4.69) is 5.48 Å². The van der Waals surface area contributed by atoms with Crippen molar-refractivity contribution in [2.24, 2.45) is 0 Å². The maximum absolute atomic E-state index is 11.6. The van der Waals surface area contributed by atoms with Crippen molar-refractivity contribution in [1.29, 1.82) is 0 Å². The number of hydrogen-bond acceptors (Lipinski definition) is 4. The van der Waals surface area contributed by atoms with E-state index in [1.165, 1.54) is 64.2 Å². The summed E-state index contributed by atoms with van der Waals surface area (Å²) in [6, 6.07) is 0. The van der Waals surface area contributed by atoms with Gasteiger partial charge in [-0.1, -0.05) is 77.0 Å². The second-order valence-corrected chi connectivity index (χ2v) is 7.04. The van der Waals surface area contributed by atoms with Gasteiger partial charge in [0.05, 0.1) is 0 Å². The molecule has 1 N–H and O–H groups in total. The van der Waals surface area contributed by atoms with Gasteiger partial charge in [-0.05, 0) is 12.8 Å². The minimum Gasteiger partial charge on any atom is -0.463 e. The summed E-state index contributed by atoms with van der Waals surface area (Å²) in [6.45, 7) is 0.399. The van der Waals surface area contributed by atoms with Gasteiger partial charge in [0.2, 0.25) is 5.91 Å². The number of esters is 1. The largest absolute Gasteiger partial charge is 0.463 e. The fourth-order valence-electron chi connectivity index (χ4n) is 3.13. The van der Waals surface area contributed by atoms with Crippen molar-refractivity contribution in [2.75, 3.05) is 13.2 Å². The van der Waals surface area contributed by atoms with E-state index in [1.54, 1.807) is 0 Å². The first-order chi connectivity index (χ1) is 12.3. The molecule has 0 bridgehead atoms. The smallest absolute Gasteiger partial charge is 0.305 e. The van der Waals surface area contributed by atoms with Crippen molar-refractivity contribution >= 4 is 11.9 Å². The fourth-order valence-corrected chi connectivity index (χ4v) is 3.13. The van der Waals surface area contributed by atoms with Gasteiger partial charge in [0.25, 0.3) is 0 Å². The third kappa shape index (κ3) is 14.9. The molecule has 0 atom stereocenters. The molecular weight excluding hydrogens is 318 g/mol. The molecule has 25 heavy (non-hydrogen) atoms. The highest BCUT2D eigenvalue weighted by atomic mass is 16.7. The summed E-state index contributed by atoms with van der Waals surface area (Å²) in [4.78, 5) is 28.2. The van der Waals surface area contributed by atoms with E-state index in [-0.39, 0.29) is 25.1 Å². The number of nitrogens with one attached hydrogen (secondary N) is 1. The van der Waals surface area contributed by atoms with Crippen molar-refractivity contribution in [3.63, 3.8) is 0 Å². The summed E-state index contributed by atoms with van der Waals surface area (Å²) in [7, 11) is 0. The van der Waals surface area contributed by atoms with Crippen LogP contribution in [-0.4, -0.2) is 25.1 Å². The Labute approximate surface area is 153 Å². The van der Waals surface area contributed by atoms with Crippen LogP contribution in [-0.2, 0) is 19.2 Å². The zero-order valence-electron chi connectivity index (χ0n) is 15.9. The van der Waals surface area contributed by atoms with Gasteiger partial charge in [-0.3, -0.25) is 14.4 Å². The number of rotatable bonds is 0. The lowest BCUT2D eigenvalue weighted by molar-refractivity contribution is -0.147. The summed E-state index contributed by atoms with van der Waals surface area (Å²) in [5, 5.41) is 0. The van der Waals surface area contributed by atoms with Crippen molar-refractivity contribution in [3.8, 4) is 0 Å². The van der Waals surface area contributed by atoms with Crippen LogP contribution in [0.3, 0.4) is 0 Å². The van der Waals surface area contributed by atoms with Crippen LogP contribution in [0.25, 0.3) is 0 Å². The Balaban J connectivity index is 2.16. The summed E-state index contributed by atoms with van der Waals surface area (Å²) < 4.78 is 5.09. The lowest BCUT2D eigenvalue weighted by Crippen LogP contribution is -2.25. The number of cyclic esters (lactones) is 1. The molecule has 0 aromatic heterocycles. The van der Waals surface area contributed by atoms with Crippen LogP contribution in [0.5, 0.6) is 0 Å². The monoisotopic (exact) mass is 355 g/mol. The topological polar surface area (TPSA) is 64.6 Å². The first-order valence-electron chi connectivity index (χ1n) is 10.4. The predicted octanol–water partition coefficient (Wildman–Crippen LogP) is 4.83. The molecule has 1 rings (SSSR count). The molecule has 146 valence electrons. The van der Waals surface area contributed by atoms with Crippen LogP contribution in [0.2, 0.25) is 0 Å². The average Bonchev–Trinajstić information content (AvgIpc) is 2.60. The molecule has 1 amide bonds. The summed E-state index contributed by atoms with van der Waals surface area (Å²) >= 11 is 0. The first-order valence-corrected chi connectivity index (χ1v) is 10.4. The third-order valence-electron chi connectivity index (χ3n) is 4.67. The molecule has 1 fully saturated rings. The Morgan fingerprint density at radius 3 is 1.52 bits per heavy atom. The normalized spacial score (nSPS) is 22.6. The molecular formula is C20H37NO4. The van der Waals surface area contributed by atoms with Gasteiger partial charge < -0.3 is 4.74 Å². The van der Waals surface area contributed by atoms with Crippen molar-refractivity contribution in [1.82, 2.24) is 5.48 Å². The summed E-state index contributed by atoms with van der Waals surface area (Å²) in [5.41, 5.74) is 2.41. The van der Waals surface area contributed by atoms with Crippen LogP contribution in [0.4, 0.5) is 0 Å². The Bertz CT molecular complexity index is 315. The van der Waals surface area contributed by atoms with E-state index >= 15 is 0 Å². The average molecular weight is 356 g/mol. The molecule has 0 aromatic rings. The van der Waals surface area contributed by atoms with Crippen LogP contribution in [0.1, 0.15) is 103 Å². The number of amides is 1. The van der Waals surface area contributed by atoms with E-state index in [9.17, 15) is 9.59 Å². The Hall–Kier alpha value is -1.10. The fraction of sp³-hybridized carbons (Fsp3) is 0.900. The van der Waals surface area contributed by atoms with Crippen LogP contribution in [0, 0.1) is 0 Å². The molecule has 0 aliphatic carbocycles. The number of carbonyl (C=O) groups excluding carboxylic acids is 2. The SMILES string of the molecule is O=C1CCCCCCCCCCCCCCCCC(=O)OCCON1. The maximum atomic E-state index is 11.6. The molecule has 1 heterocycles. The first kappa shape index (κ1) is 21.9. The molecule has 0 saturated carbocycles. The van der Waals surface area contributed by atoms with Gasteiger partial charge >= 0.3 is 5.97 Å². The lowest BCUT2D eigenvalue weighted by atomic mass is 10.0. The molecule has 0 aromatic carbocycles. The van der Waals surface area contributed by atoms with Crippen LogP contribution in [0.15, 0.2) is 0 Å². The maximum Gasteiger partial charge on any atom is 0.305 e. The van der Waals surface area contributed by atoms with Crippen molar-refractivity contribution in [2.45, 2.75) is 103 Å². The second kappa shape index (κ2) is 16.4. The molecule has 1 aliphatic rings. The van der Waals surface area contributed by atoms with E-state index in [1.807, 2.05) is 0 Å². The highest BCUT2D eigenvalue weighted by Gasteiger charge is 2.04. The van der Waals surface area contributed by atoms with E-state index in [4.69, 9.17) is 9.57 Å². The zero-order valence-corrected chi connectivity index (χ0v) is 15.9. The standard InChI is InChI=1S/C20H37NO4/c22-19-15-13-11-9-7-5-3-1-2-4-6-8-10-12-14-16-20(23)24-17-18-25-21-19/h1-18H2,(H,21,22). The van der Waals surface area contributed by atoms with Gasteiger partial charge in [-0.25, -0.2) is 5.48 Å². The molecule has 5 heteroatoms. The summed E-state index contributed by atoms with van der Waals surface area (Å²) in [6.07, 6.45) is 18.0. The molecule has 0 radical (unpaired) electrons. The molecule has 0 unspecified atom stereocenters. The van der Waals surface area contributed by atoms with E-state index < -0.39 is 0 Å². The molecule has 1 saturated heterocycles. The van der Waals surface area contributed by atoms with Crippen molar-refractivity contribution < 1.29 is 19.2 Å². The quantitative estimate of drug-likeness (QED) is 0.632. The van der Waals surface area contributed by atoms with Crippen LogP contribution >= 0.6 is 0 Å².